The van der Waals surface area contributed by atoms with E-state index in [0.717, 1.165) is 4.90 Å². The number of benzene rings is 2. The summed E-state index contributed by atoms with van der Waals surface area (Å²) in [6.45, 7) is -0.177. The Bertz CT molecular complexity index is 1690. The third-order valence-electron chi connectivity index (χ3n) is 7.23. The number of fused-ring (bicyclic) bond motifs is 2. The molecule has 41 heavy (non-hydrogen) atoms. The Kier molecular flexibility index (Phi) is 6.13. The van der Waals surface area contributed by atoms with E-state index in [1.165, 1.54) is 30.3 Å². The predicted molar refractivity (Wildman–Crippen MR) is 141 cm³/mol. The zero-order valence-corrected chi connectivity index (χ0v) is 21.8. The van der Waals surface area contributed by atoms with Crippen LogP contribution in [0.1, 0.15) is 33.6 Å². The van der Waals surface area contributed by atoms with E-state index in [1.807, 2.05) is 0 Å². The Balaban J connectivity index is 1.44. The van der Waals surface area contributed by atoms with E-state index in [1.54, 1.807) is 31.3 Å². The number of likely N-dealkylation sites (N-methyl/N-ethyl adjacent to an activating group) is 1. The Morgan fingerprint density at radius 2 is 1.88 bits per heavy atom. The Labute approximate surface area is 232 Å². The van der Waals surface area contributed by atoms with E-state index in [-0.39, 0.29) is 48.0 Å². The first-order valence-corrected chi connectivity index (χ1v) is 12.6. The summed E-state index contributed by atoms with van der Waals surface area (Å²) >= 11 is 0. The summed E-state index contributed by atoms with van der Waals surface area (Å²) < 4.78 is 25.2. The number of imide groups is 2. The molecule has 3 aromatic rings. The highest BCUT2D eigenvalue weighted by Crippen LogP contribution is 2.43. The molecule has 1 unspecified atom stereocenters. The second kappa shape index (κ2) is 9.70. The summed E-state index contributed by atoms with van der Waals surface area (Å²) in [5.74, 6) is -3.36. The van der Waals surface area contributed by atoms with E-state index >= 15 is 0 Å². The maximum Gasteiger partial charge on any atom is 0.264 e. The average molecular weight is 560 g/mol. The zero-order valence-electron chi connectivity index (χ0n) is 21.8. The number of methoxy groups -OCH3 is 1. The number of aromatic nitrogens is 1. The molecule has 0 radical (unpaired) electrons. The van der Waals surface area contributed by atoms with Crippen LogP contribution in [0.4, 0.5) is 21.5 Å². The van der Waals surface area contributed by atoms with Gasteiger partial charge < -0.3 is 19.7 Å². The van der Waals surface area contributed by atoms with Crippen LogP contribution in [0.15, 0.2) is 42.6 Å². The molecule has 208 valence electrons. The molecule has 3 aliphatic rings. The van der Waals surface area contributed by atoms with Crippen LogP contribution in [0.3, 0.4) is 0 Å². The number of halogens is 1. The van der Waals surface area contributed by atoms with Gasteiger partial charge >= 0.3 is 0 Å². The average Bonchev–Trinajstić information content (AvgIpc) is 3.21. The minimum atomic E-state index is -1.13. The second-order valence-electron chi connectivity index (χ2n) is 9.62. The van der Waals surface area contributed by atoms with E-state index in [9.17, 15) is 28.4 Å². The lowest BCUT2D eigenvalue weighted by molar-refractivity contribution is -0.136. The molecular weight excluding hydrogens is 537 g/mol. The third-order valence-corrected chi connectivity index (χ3v) is 7.23. The molecule has 1 atom stereocenters. The molecule has 1 saturated heterocycles. The summed E-state index contributed by atoms with van der Waals surface area (Å²) in [7, 11) is 2.88. The normalized spacial score (nSPS) is 18.1. The van der Waals surface area contributed by atoms with Crippen LogP contribution in [0.25, 0.3) is 11.1 Å². The molecule has 6 rings (SSSR count). The standard InChI is InChI=1S/C28H22FN5O7/c1-33-20-10-18(15(9-21(20)41-12-23(33)36)13-8-16(29)26(40-2)30-11-13)31-17-5-3-4-14-24(17)28(39)34(27(14)38)19-6-7-22(35)32-25(19)37/h3-5,8-11,19,31H,6-7,12H2,1-2H3,(H,32,35,37). The van der Waals surface area contributed by atoms with Crippen LogP contribution >= 0.6 is 0 Å². The molecule has 12 nitrogen and oxygen atoms in total. The first-order valence-electron chi connectivity index (χ1n) is 12.6. The van der Waals surface area contributed by atoms with Gasteiger partial charge in [-0.05, 0) is 36.8 Å². The number of pyridine rings is 1. The van der Waals surface area contributed by atoms with Gasteiger partial charge in [-0.25, -0.2) is 9.37 Å². The van der Waals surface area contributed by atoms with Crippen LogP contribution in [0.2, 0.25) is 0 Å². The maximum absolute atomic E-state index is 14.7. The van der Waals surface area contributed by atoms with Gasteiger partial charge in [0.15, 0.2) is 12.4 Å². The molecule has 4 heterocycles. The monoisotopic (exact) mass is 559 g/mol. The van der Waals surface area contributed by atoms with Gasteiger partial charge in [0.25, 0.3) is 17.7 Å². The van der Waals surface area contributed by atoms with Crippen molar-refractivity contribution in [1.29, 1.82) is 0 Å². The van der Waals surface area contributed by atoms with Crippen LogP contribution in [-0.4, -0.2) is 66.2 Å². The van der Waals surface area contributed by atoms with Crippen molar-refractivity contribution < 1.29 is 37.8 Å². The van der Waals surface area contributed by atoms with Crippen LogP contribution < -0.4 is 25.0 Å². The molecule has 2 N–H and O–H groups in total. The summed E-state index contributed by atoms with van der Waals surface area (Å²) in [6.07, 6.45) is 1.42. The van der Waals surface area contributed by atoms with Crippen molar-refractivity contribution in [2.75, 3.05) is 31.0 Å². The minimum Gasteiger partial charge on any atom is -0.482 e. The van der Waals surface area contributed by atoms with E-state index in [0.29, 0.717) is 28.3 Å². The summed E-state index contributed by atoms with van der Waals surface area (Å²) in [5.41, 5.74) is 1.91. The number of hydrogen-bond acceptors (Lipinski definition) is 9. The van der Waals surface area contributed by atoms with E-state index < -0.39 is 35.5 Å². The molecule has 5 amide bonds. The molecule has 0 spiro atoms. The number of amides is 5. The fraction of sp³-hybridized carbons (Fsp3) is 0.214. The van der Waals surface area contributed by atoms with Gasteiger partial charge in [0.1, 0.15) is 11.8 Å². The number of nitrogens with one attached hydrogen (secondary N) is 2. The van der Waals surface area contributed by atoms with Gasteiger partial charge in [-0.3, -0.25) is 34.2 Å². The number of nitrogens with zero attached hydrogens (tertiary/aromatic N) is 3. The highest BCUT2D eigenvalue weighted by atomic mass is 19.1. The fourth-order valence-corrected chi connectivity index (χ4v) is 5.15. The highest BCUT2D eigenvalue weighted by molar-refractivity contribution is 6.25. The summed E-state index contributed by atoms with van der Waals surface area (Å²) in [6, 6.07) is 7.97. The van der Waals surface area contributed by atoms with Crippen molar-refractivity contribution in [3.63, 3.8) is 0 Å². The second-order valence-corrected chi connectivity index (χ2v) is 9.62. The number of carbonyl (C=O) groups excluding carboxylic acids is 5. The predicted octanol–water partition coefficient (Wildman–Crippen LogP) is 2.40. The van der Waals surface area contributed by atoms with Crippen molar-refractivity contribution in [2.45, 2.75) is 18.9 Å². The molecule has 3 aliphatic heterocycles. The molecule has 2 aromatic carbocycles. The number of ether oxygens (including phenoxy) is 2. The summed E-state index contributed by atoms with van der Waals surface area (Å²) in [5, 5.41) is 5.34. The quantitative estimate of drug-likeness (QED) is 0.450. The van der Waals surface area contributed by atoms with Gasteiger partial charge in [-0.15, -0.1) is 0 Å². The van der Waals surface area contributed by atoms with Gasteiger partial charge in [-0.1, -0.05) is 6.07 Å². The first kappa shape index (κ1) is 25.9. The number of carbonyl (C=O) groups is 5. The molecule has 0 aliphatic carbocycles. The minimum absolute atomic E-state index is 0.00578. The Morgan fingerprint density at radius 3 is 2.61 bits per heavy atom. The molecule has 1 fully saturated rings. The highest BCUT2D eigenvalue weighted by Gasteiger charge is 2.45. The summed E-state index contributed by atoms with van der Waals surface area (Å²) in [4.78, 5) is 69.6. The molecule has 13 heteroatoms. The van der Waals surface area contributed by atoms with E-state index in [4.69, 9.17) is 9.47 Å². The fourth-order valence-electron chi connectivity index (χ4n) is 5.15. The van der Waals surface area contributed by atoms with Crippen molar-refractivity contribution in [1.82, 2.24) is 15.2 Å². The van der Waals surface area contributed by atoms with Gasteiger partial charge in [-0.2, -0.15) is 0 Å². The van der Waals surface area contributed by atoms with Gasteiger partial charge in [0.05, 0.1) is 29.6 Å². The Hall–Kier alpha value is -5.33. The van der Waals surface area contributed by atoms with Gasteiger partial charge in [0.2, 0.25) is 17.7 Å². The van der Waals surface area contributed by atoms with Crippen molar-refractivity contribution in [3.8, 4) is 22.8 Å². The lowest BCUT2D eigenvalue weighted by Gasteiger charge is -2.28. The van der Waals surface area contributed by atoms with Crippen molar-refractivity contribution in [3.05, 3.63) is 59.5 Å². The zero-order chi connectivity index (χ0) is 29.0. The van der Waals surface area contributed by atoms with Crippen LogP contribution in [-0.2, 0) is 14.4 Å². The number of rotatable bonds is 5. The third kappa shape index (κ3) is 4.22. The lowest BCUT2D eigenvalue weighted by atomic mass is 10.0. The van der Waals surface area contributed by atoms with Crippen molar-refractivity contribution in [2.24, 2.45) is 0 Å². The topological polar surface area (TPSA) is 147 Å². The number of anilines is 3. The largest absolute Gasteiger partial charge is 0.482 e. The first-order chi connectivity index (χ1) is 19.7. The smallest absolute Gasteiger partial charge is 0.264 e. The molecule has 1 aromatic heterocycles. The van der Waals surface area contributed by atoms with E-state index in [2.05, 4.69) is 15.6 Å². The molecule has 0 saturated carbocycles. The number of hydrogen-bond donors (Lipinski definition) is 2. The molecule has 0 bridgehead atoms. The number of piperidine rings is 1. The lowest BCUT2D eigenvalue weighted by Crippen LogP contribution is -2.54. The van der Waals surface area contributed by atoms with Gasteiger partial charge in [0, 0.05) is 36.5 Å². The van der Waals surface area contributed by atoms with Crippen LogP contribution in [0, 0.1) is 5.82 Å². The maximum atomic E-state index is 14.7. The van der Waals surface area contributed by atoms with Crippen LogP contribution in [0.5, 0.6) is 11.6 Å². The Morgan fingerprint density at radius 1 is 1.07 bits per heavy atom. The SMILES string of the molecule is COc1ncc(-c2cc3c(cc2Nc2cccc4c2C(=O)N(C2CCC(=O)NC2=O)C4=O)N(C)C(=O)CO3)cc1F. The van der Waals surface area contributed by atoms with Crippen molar-refractivity contribution >= 4 is 46.6 Å². The molecular formula is C28H22FN5O7.